The van der Waals surface area contributed by atoms with E-state index in [9.17, 15) is 4.79 Å². The molecule has 0 saturated carbocycles. The van der Waals surface area contributed by atoms with Gasteiger partial charge in [-0.3, -0.25) is 4.79 Å². The molecule has 0 radical (unpaired) electrons. The van der Waals surface area contributed by atoms with Crippen LogP contribution in [0.4, 0.5) is 0 Å². The summed E-state index contributed by atoms with van der Waals surface area (Å²) in [6, 6.07) is 6.15. The third-order valence-electron chi connectivity index (χ3n) is 3.43. The molecule has 3 heteroatoms. The molecule has 0 unspecified atom stereocenters. The summed E-state index contributed by atoms with van der Waals surface area (Å²) in [5.74, 6) is -0.990. The Hall–Kier alpha value is -1.35. The van der Waals surface area contributed by atoms with E-state index in [2.05, 4.69) is 31.3 Å². The molecule has 1 aromatic rings. The number of hydrogen-bond acceptors (Lipinski definition) is 2. The molecule has 1 aromatic carbocycles. The van der Waals surface area contributed by atoms with E-state index < -0.39 is 5.97 Å². The number of nitrogens with one attached hydrogen (secondary N) is 1. The molecule has 0 bridgehead atoms. The number of carbonyl (C=O) groups is 1. The molecule has 1 heterocycles. The van der Waals surface area contributed by atoms with Gasteiger partial charge in [0.15, 0.2) is 0 Å². The first-order chi connectivity index (χ1) is 7.59. The van der Waals surface area contributed by atoms with Crippen LogP contribution in [0.2, 0.25) is 0 Å². The van der Waals surface area contributed by atoms with Crippen LogP contribution in [-0.4, -0.2) is 17.6 Å². The number of rotatable bonds is 2. The van der Waals surface area contributed by atoms with Gasteiger partial charge in [0.2, 0.25) is 0 Å². The number of aryl methyl sites for hydroxylation is 2. The fourth-order valence-corrected chi connectivity index (χ4v) is 2.28. The van der Waals surface area contributed by atoms with E-state index in [-0.39, 0.29) is 12.0 Å². The Bertz CT molecular complexity index is 414. The van der Waals surface area contributed by atoms with Crippen molar-refractivity contribution in [2.75, 3.05) is 6.54 Å². The van der Waals surface area contributed by atoms with Gasteiger partial charge in [-0.15, -0.1) is 0 Å². The van der Waals surface area contributed by atoms with Gasteiger partial charge in [0.05, 0.1) is 5.92 Å². The van der Waals surface area contributed by atoms with E-state index in [0.29, 0.717) is 6.42 Å². The minimum absolute atomic E-state index is 0.0307. The number of benzene rings is 1. The summed E-state index contributed by atoms with van der Waals surface area (Å²) in [6.45, 7) is 4.91. The Morgan fingerprint density at radius 1 is 1.38 bits per heavy atom. The summed E-state index contributed by atoms with van der Waals surface area (Å²) in [7, 11) is 0. The molecule has 0 spiro atoms. The predicted octanol–water partition coefficient (Wildman–Crippen LogP) is 2.04. The average molecular weight is 219 g/mol. The van der Waals surface area contributed by atoms with Crippen LogP contribution in [0, 0.1) is 19.8 Å². The van der Waals surface area contributed by atoms with Crippen molar-refractivity contribution < 1.29 is 9.90 Å². The molecule has 1 aliphatic rings. The lowest BCUT2D eigenvalue weighted by atomic mass is 9.92. The Kier molecular flexibility index (Phi) is 2.97. The van der Waals surface area contributed by atoms with Crippen LogP contribution < -0.4 is 5.32 Å². The fourth-order valence-electron chi connectivity index (χ4n) is 2.28. The largest absolute Gasteiger partial charge is 0.481 e. The molecule has 2 rings (SSSR count). The zero-order valence-electron chi connectivity index (χ0n) is 9.66. The standard InChI is InChI=1S/C13H17NO2/c1-8-3-4-10(7-9(8)2)12-11(13(15)16)5-6-14-12/h3-4,7,11-12,14H,5-6H2,1-2H3,(H,15,16)/t11-,12+/m1/s1. The van der Waals surface area contributed by atoms with Gasteiger partial charge >= 0.3 is 5.97 Å². The first kappa shape index (κ1) is 11.1. The normalized spacial score (nSPS) is 24.6. The van der Waals surface area contributed by atoms with Crippen molar-refractivity contribution >= 4 is 5.97 Å². The molecule has 1 aliphatic heterocycles. The maximum Gasteiger partial charge on any atom is 0.308 e. The zero-order valence-corrected chi connectivity index (χ0v) is 9.66. The Labute approximate surface area is 95.5 Å². The lowest BCUT2D eigenvalue weighted by Crippen LogP contribution is -2.23. The van der Waals surface area contributed by atoms with Gasteiger partial charge in [-0.2, -0.15) is 0 Å². The molecule has 0 aliphatic carbocycles. The van der Waals surface area contributed by atoms with Crippen molar-refractivity contribution in [3.8, 4) is 0 Å². The fraction of sp³-hybridized carbons (Fsp3) is 0.462. The SMILES string of the molecule is Cc1ccc([C@@H]2NCC[C@H]2C(=O)O)cc1C. The molecule has 86 valence electrons. The first-order valence-electron chi connectivity index (χ1n) is 5.63. The van der Waals surface area contributed by atoms with Crippen LogP contribution in [0.1, 0.15) is 29.2 Å². The van der Waals surface area contributed by atoms with Gasteiger partial charge in [0.1, 0.15) is 0 Å². The quantitative estimate of drug-likeness (QED) is 0.800. The van der Waals surface area contributed by atoms with Crippen molar-refractivity contribution in [3.63, 3.8) is 0 Å². The minimum Gasteiger partial charge on any atom is -0.481 e. The summed E-state index contributed by atoms with van der Waals surface area (Å²) in [5.41, 5.74) is 3.55. The number of carboxylic acid groups (broad SMARTS) is 1. The summed E-state index contributed by atoms with van der Waals surface area (Å²) < 4.78 is 0. The molecule has 0 amide bonds. The smallest absolute Gasteiger partial charge is 0.308 e. The monoisotopic (exact) mass is 219 g/mol. The van der Waals surface area contributed by atoms with Crippen LogP contribution in [0.5, 0.6) is 0 Å². The second-order valence-electron chi connectivity index (χ2n) is 4.51. The van der Waals surface area contributed by atoms with Crippen LogP contribution in [0.15, 0.2) is 18.2 Å². The van der Waals surface area contributed by atoms with Gasteiger partial charge in [0, 0.05) is 6.04 Å². The lowest BCUT2D eigenvalue weighted by molar-refractivity contribution is -0.142. The lowest BCUT2D eigenvalue weighted by Gasteiger charge is -2.17. The molecule has 1 fully saturated rings. The van der Waals surface area contributed by atoms with Crippen LogP contribution in [-0.2, 0) is 4.79 Å². The maximum absolute atomic E-state index is 11.1. The van der Waals surface area contributed by atoms with Crippen LogP contribution in [0.25, 0.3) is 0 Å². The van der Waals surface area contributed by atoms with Crippen molar-refractivity contribution in [1.29, 1.82) is 0 Å². The summed E-state index contributed by atoms with van der Waals surface area (Å²) in [5, 5.41) is 12.4. The van der Waals surface area contributed by atoms with E-state index in [1.165, 1.54) is 11.1 Å². The maximum atomic E-state index is 11.1. The molecular weight excluding hydrogens is 202 g/mol. The molecular formula is C13H17NO2. The molecule has 1 saturated heterocycles. The van der Waals surface area contributed by atoms with Gasteiger partial charge in [-0.05, 0) is 43.5 Å². The molecule has 2 N–H and O–H groups in total. The van der Waals surface area contributed by atoms with Crippen LogP contribution >= 0.6 is 0 Å². The summed E-state index contributed by atoms with van der Waals surface area (Å²) in [4.78, 5) is 11.1. The Morgan fingerprint density at radius 3 is 2.75 bits per heavy atom. The molecule has 0 aromatic heterocycles. The summed E-state index contributed by atoms with van der Waals surface area (Å²) in [6.07, 6.45) is 0.715. The van der Waals surface area contributed by atoms with Crippen molar-refractivity contribution in [1.82, 2.24) is 5.32 Å². The number of hydrogen-bond donors (Lipinski definition) is 2. The predicted molar refractivity (Wildman–Crippen MR) is 62.4 cm³/mol. The molecule has 3 nitrogen and oxygen atoms in total. The van der Waals surface area contributed by atoms with Gasteiger partial charge in [-0.25, -0.2) is 0 Å². The topological polar surface area (TPSA) is 49.3 Å². The Balaban J connectivity index is 2.29. The van der Waals surface area contributed by atoms with E-state index in [1.54, 1.807) is 0 Å². The van der Waals surface area contributed by atoms with E-state index >= 15 is 0 Å². The number of carboxylic acids is 1. The van der Waals surface area contributed by atoms with E-state index in [0.717, 1.165) is 12.1 Å². The van der Waals surface area contributed by atoms with Gasteiger partial charge < -0.3 is 10.4 Å². The summed E-state index contributed by atoms with van der Waals surface area (Å²) >= 11 is 0. The van der Waals surface area contributed by atoms with E-state index in [1.807, 2.05) is 6.07 Å². The van der Waals surface area contributed by atoms with E-state index in [4.69, 9.17) is 5.11 Å². The highest BCUT2D eigenvalue weighted by Gasteiger charge is 2.33. The highest BCUT2D eigenvalue weighted by molar-refractivity contribution is 5.71. The van der Waals surface area contributed by atoms with Crippen molar-refractivity contribution in [2.45, 2.75) is 26.3 Å². The molecule has 2 atom stereocenters. The second kappa shape index (κ2) is 4.26. The average Bonchev–Trinajstić information content (AvgIpc) is 2.71. The van der Waals surface area contributed by atoms with Crippen molar-refractivity contribution in [2.24, 2.45) is 5.92 Å². The van der Waals surface area contributed by atoms with Crippen molar-refractivity contribution in [3.05, 3.63) is 34.9 Å². The van der Waals surface area contributed by atoms with Crippen LogP contribution in [0.3, 0.4) is 0 Å². The van der Waals surface area contributed by atoms with Gasteiger partial charge in [0.25, 0.3) is 0 Å². The third kappa shape index (κ3) is 1.95. The first-order valence-corrected chi connectivity index (χ1v) is 5.63. The van der Waals surface area contributed by atoms with Gasteiger partial charge in [-0.1, -0.05) is 18.2 Å². The third-order valence-corrected chi connectivity index (χ3v) is 3.43. The highest BCUT2D eigenvalue weighted by Crippen LogP contribution is 2.30. The number of aliphatic carboxylic acids is 1. The zero-order chi connectivity index (χ0) is 11.7. The Morgan fingerprint density at radius 2 is 2.12 bits per heavy atom. The second-order valence-corrected chi connectivity index (χ2v) is 4.51. The molecule has 16 heavy (non-hydrogen) atoms. The highest BCUT2D eigenvalue weighted by atomic mass is 16.4. The minimum atomic E-state index is -0.701.